The smallest absolute Gasteiger partial charge is 0.407 e. The molecule has 0 saturated carbocycles. The van der Waals surface area contributed by atoms with Crippen molar-refractivity contribution in [3.63, 3.8) is 0 Å². The average Bonchev–Trinajstić information content (AvgIpc) is 2.45. The van der Waals surface area contributed by atoms with Crippen molar-refractivity contribution in [1.82, 2.24) is 20.3 Å². The van der Waals surface area contributed by atoms with Crippen molar-refractivity contribution >= 4 is 6.09 Å². The van der Waals surface area contributed by atoms with E-state index in [0.717, 1.165) is 16.7 Å². The molecule has 0 saturated heterocycles. The van der Waals surface area contributed by atoms with Crippen molar-refractivity contribution in [2.75, 3.05) is 0 Å². The molecule has 0 atom stereocenters. The number of pyridine rings is 1. The number of nitrogens with one attached hydrogen (secondary N) is 1. The van der Waals surface area contributed by atoms with E-state index in [1.807, 2.05) is 26.8 Å². The Labute approximate surface area is 123 Å². The molecule has 0 spiro atoms. The van der Waals surface area contributed by atoms with Crippen LogP contribution < -0.4 is 5.32 Å². The number of rotatable bonds is 3. The van der Waals surface area contributed by atoms with Gasteiger partial charge in [-0.2, -0.15) is 0 Å². The number of amides is 1. The summed E-state index contributed by atoms with van der Waals surface area (Å²) in [5.41, 5.74) is 2.15. The van der Waals surface area contributed by atoms with E-state index >= 15 is 0 Å². The second-order valence-corrected chi connectivity index (χ2v) is 5.56. The van der Waals surface area contributed by atoms with Gasteiger partial charge in [-0.05, 0) is 32.4 Å². The van der Waals surface area contributed by atoms with Gasteiger partial charge in [0.15, 0.2) is 0 Å². The molecule has 6 nitrogen and oxygen atoms in total. The summed E-state index contributed by atoms with van der Waals surface area (Å²) < 4.78 is 5.18. The quantitative estimate of drug-likeness (QED) is 0.938. The predicted molar refractivity (Wildman–Crippen MR) is 78.3 cm³/mol. The highest BCUT2D eigenvalue weighted by molar-refractivity contribution is 5.68. The average molecular weight is 286 g/mol. The molecule has 1 amide bonds. The SMILES string of the molecule is CC(C)(C)OC(=O)NCc1cncc(-c2cncnc2)c1. The summed E-state index contributed by atoms with van der Waals surface area (Å²) in [6.45, 7) is 5.82. The molecule has 0 aromatic carbocycles. The number of carbonyl (C=O) groups excluding carboxylic acids is 1. The van der Waals surface area contributed by atoms with Crippen LogP contribution in [0.1, 0.15) is 26.3 Å². The van der Waals surface area contributed by atoms with Gasteiger partial charge >= 0.3 is 6.09 Å². The number of ether oxygens (including phenoxy) is 1. The Morgan fingerprint density at radius 2 is 1.76 bits per heavy atom. The number of aromatic nitrogens is 3. The fourth-order valence-electron chi connectivity index (χ4n) is 1.68. The minimum Gasteiger partial charge on any atom is -0.444 e. The maximum atomic E-state index is 11.6. The minimum absolute atomic E-state index is 0.351. The highest BCUT2D eigenvalue weighted by atomic mass is 16.6. The minimum atomic E-state index is -0.508. The Balaban J connectivity index is 2.01. The number of hydrogen-bond donors (Lipinski definition) is 1. The fraction of sp³-hybridized carbons (Fsp3) is 0.333. The lowest BCUT2D eigenvalue weighted by molar-refractivity contribution is 0.0523. The van der Waals surface area contributed by atoms with E-state index in [1.165, 1.54) is 6.33 Å². The highest BCUT2D eigenvalue weighted by Gasteiger charge is 2.15. The topological polar surface area (TPSA) is 77.0 Å². The maximum Gasteiger partial charge on any atom is 0.407 e. The van der Waals surface area contributed by atoms with Gasteiger partial charge in [0.1, 0.15) is 11.9 Å². The molecule has 0 aliphatic carbocycles. The number of nitrogens with zero attached hydrogens (tertiary/aromatic N) is 3. The molecule has 0 fully saturated rings. The van der Waals surface area contributed by atoms with Crippen molar-refractivity contribution in [3.8, 4) is 11.1 Å². The standard InChI is InChI=1S/C15H18N4O2/c1-15(2,3)21-14(20)19-6-11-4-12(7-16-5-11)13-8-17-10-18-9-13/h4-5,7-10H,6H2,1-3H3,(H,19,20). The first kappa shape index (κ1) is 14.9. The number of alkyl carbamates (subject to hydrolysis) is 1. The Kier molecular flexibility index (Phi) is 4.47. The third kappa shape index (κ3) is 4.83. The molecule has 0 unspecified atom stereocenters. The largest absolute Gasteiger partial charge is 0.444 e. The van der Waals surface area contributed by atoms with Crippen LogP contribution in [0, 0.1) is 0 Å². The summed E-state index contributed by atoms with van der Waals surface area (Å²) in [7, 11) is 0. The van der Waals surface area contributed by atoms with Gasteiger partial charge in [0.05, 0.1) is 0 Å². The van der Waals surface area contributed by atoms with Gasteiger partial charge in [-0.25, -0.2) is 14.8 Å². The molecule has 2 heterocycles. The third-order valence-corrected chi connectivity index (χ3v) is 2.52. The van der Waals surface area contributed by atoms with Gasteiger partial charge in [0.25, 0.3) is 0 Å². The maximum absolute atomic E-state index is 11.6. The zero-order valence-corrected chi connectivity index (χ0v) is 12.3. The predicted octanol–water partition coefficient (Wildman–Crippen LogP) is 2.56. The van der Waals surface area contributed by atoms with Crippen LogP contribution in [0.25, 0.3) is 11.1 Å². The highest BCUT2D eigenvalue weighted by Crippen LogP contribution is 2.17. The zero-order chi connectivity index (χ0) is 15.3. The van der Waals surface area contributed by atoms with Gasteiger partial charge in [0, 0.05) is 42.5 Å². The van der Waals surface area contributed by atoms with Gasteiger partial charge in [-0.3, -0.25) is 4.98 Å². The molecule has 0 radical (unpaired) electrons. The second kappa shape index (κ2) is 6.30. The van der Waals surface area contributed by atoms with Crippen LogP contribution in [0.5, 0.6) is 0 Å². The van der Waals surface area contributed by atoms with Crippen molar-refractivity contribution in [3.05, 3.63) is 42.7 Å². The van der Waals surface area contributed by atoms with Crippen LogP contribution in [0.15, 0.2) is 37.2 Å². The van der Waals surface area contributed by atoms with Crippen molar-refractivity contribution in [2.24, 2.45) is 0 Å². The first-order valence-corrected chi connectivity index (χ1v) is 6.60. The zero-order valence-electron chi connectivity index (χ0n) is 12.3. The Morgan fingerprint density at radius 1 is 1.10 bits per heavy atom. The van der Waals surface area contributed by atoms with E-state index in [9.17, 15) is 4.79 Å². The lowest BCUT2D eigenvalue weighted by Gasteiger charge is -2.19. The molecule has 21 heavy (non-hydrogen) atoms. The van der Waals surface area contributed by atoms with Crippen LogP contribution in [0.2, 0.25) is 0 Å². The number of hydrogen-bond acceptors (Lipinski definition) is 5. The van der Waals surface area contributed by atoms with Gasteiger partial charge in [-0.1, -0.05) is 0 Å². The van der Waals surface area contributed by atoms with E-state index in [-0.39, 0.29) is 0 Å². The first-order valence-electron chi connectivity index (χ1n) is 6.60. The summed E-state index contributed by atoms with van der Waals surface area (Å²) in [6.07, 6.45) is 7.89. The summed E-state index contributed by atoms with van der Waals surface area (Å²) in [6, 6.07) is 1.93. The van der Waals surface area contributed by atoms with Crippen LogP contribution in [0.4, 0.5) is 4.79 Å². The van der Waals surface area contributed by atoms with Crippen LogP contribution in [-0.4, -0.2) is 26.6 Å². The van der Waals surface area contributed by atoms with Crippen molar-refractivity contribution < 1.29 is 9.53 Å². The molecule has 2 aromatic heterocycles. The molecule has 110 valence electrons. The summed E-state index contributed by atoms with van der Waals surface area (Å²) in [5, 5.41) is 2.70. The lowest BCUT2D eigenvalue weighted by atomic mass is 10.1. The van der Waals surface area contributed by atoms with Crippen LogP contribution in [0.3, 0.4) is 0 Å². The molecular formula is C15H18N4O2. The molecule has 2 aromatic rings. The van der Waals surface area contributed by atoms with Gasteiger partial charge in [-0.15, -0.1) is 0 Å². The lowest BCUT2D eigenvalue weighted by Crippen LogP contribution is -2.32. The Morgan fingerprint density at radius 3 is 2.43 bits per heavy atom. The van der Waals surface area contributed by atoms with Gasteiger partial charge in [0.2, 0.25) is 0 Å². The van der Waals surface area contributed by atoms with E-state index in [4.69, 9.17) is 4.74 Å². The monoisotopic (exact) mass is 286 g/mol. The Hall–Kier alpha value is -2.50. The third-order valence-electron chi connectivity index (χ3n) is 2.52. The van der Waals surface area contributed by atoms with Gasteiger partial charge < -0.3 is 10.1 Å². The van der Waals surface area contributed by atoms with Crippen LogP contribution >= 0.6 is 0 Å². The van der Waals surface area contributed by atoms with Crippen LogP contribution in [-0.2, 0) is 11.3 Å². The summed E-state index contributed by atoms with van der Waals surface area (Å²) in [5.74, 6) is 0. The summed E-state index contributed by atoms with van der Waals surface area (Å²) >= 11 is 0. The van der Waals surface area contributed by atoms with Crippen molar-refractivity contribution in [1.29, 1.82) is 0 Å². The molecule has 1 N–H and O–H groups in total. The van der Waals surface area contributed by atoms with E-state index in [2.05, 4.69) is 20.3 Å². The number of carbonyl (C=O) groups is 1. The second-order valence-electron chi connectivity index (χ2n) is 5.56. The molecular weight excluding hydrogens is 268 g/mol. The van der Waals surface area contributed by atoms with Crippen molar-refractivity contribution in [2.45, 2.75) is 32.9 Å². The molecule has 6 heteroatoms. The summed E-state index contributed by atoms with van der Waals surface area (Å²) in [4.78, 5) is 23.7. The Bertz CT molecular complexity index is 609. The van der Waals surface area contributed by atoms with E-state index in [0.29, 0.717) is 6.54 Å². The first-order chi connectivity index (χ1) is 9.94. The van der Waals surface area contributed by atoms with E-state index in [1.54, 1.807) is 24.8 Å². The molecule has 0 aliphatic rings. The fourth-order valence-corrected chi connectivity index (χ4v) is 1.68. The molecule has 0 bridgehead atoms. The normalized spacial score (nSPS) is 11.0. The molecule has 2 rings (SSSR count). The molecule has 0 aliphatic heterocycles. The van der Waals surface area contributed by atoms with E-state index < -0.39 is 11.7 Å².